The largest absolute Gasteiger partial charge is 0.391 e. The van der Waals surface area contributed by atoms with Gasteiger partial charge in [-0.1, -0.05) is 13.8 Å². The van der Waals surface area contributed by atoms with Crippen molar-refractivity contribution < 1.29 is 9.84 Å². The second-order valence-corrected chi connectivity index (χ2v) is 6.19. The number of nitrogens with zero attached hydrogens (tertiary/aromatic N) is 2. The molecule has 0 spiro atoms. The first-order valence-corrected chi connectivity index (χ1v) is 7.35. The van der Waals surface area contributed by atoms with Gasteiger partial charge >= 0.3 is 0 Å². The highest BCUT2D eigenvalue weighted by molar-refractivity contribution is 4.79. The van der Waals surface area contributed by atoms with Crippen LogP contribution >= 0.6 is 0 Å². The fourth-order valence-corrected chi connectivity index (χ4v) is 2.94. The monoisotopic (exact) mass is 256 g/mol. The Hall–Kier alpha value is -0.160. The van der Waals surface area contributed by atoms with Gasteiger partial charge in [0.1, 0.15) is 0 Å². The van der Waals surface area contributed by atoms with E-state index in [0.29, 0.717) is 5.92 Å². The van der Waals surface area contributed by atoms with E-state index in [0.717, 1.165) is 58.3 Å². The lowest BCUT2D eigenvalue weighted by atomic mass is 10.0. The predicted octanol–water partition coefficient (Wildman–Crippen LogP) is 0.657. The first-order valence-electron chi connectivity index (χ1n) is 7.35. The summed E-state index contributed by atoms with van der Waals surface area (Å²) in [6.07, 6.45) is 0.818. The van der Waals surface area contributed by atoms with Crippen LogP contribution in [0.4, 0.5) is 0 Å². The van der Waals surface area contributed by atoms with Crippen LogP contribution in [0.2, 0.25) is 0 Å². The Morgan fingerprint density at radius 2 is 1.72 bits per heavy atom. The fraction of sp³-hybridized carbons (Fsp3) is 1.00. The summed E-state index contributed by atoms with van der Waals surface area (Å²) in [6.45, 7) is 12.6. The minimum absolute atomic E-state index is 0.204. The summed E-state index contributed by atoms with van der Waals surface area (Å²) in [6, 6.07) is 0. The molecule has 0 saturated carbocycles. The molecule has 106 valence electrons. The lowest BCUT2D eigenvalue weighted by molar-refractivity contribution is 0.0347. The highest BCUT2D eigenvalue weighted by Crippen LogP contribution is 2.18. The Labute approximate surface area is 111 Å². The third kappa shape index (κ3) is 4.19. The topological polar surface area (TPSA) is 35.9 Å². The standard InChI is InChI=1S/C14H28N2O2/c1-12(2)9-15-4-6-16(7-5-15)10-14(17)13-3-8-18-11-13/h12-14,17H,3-11H2,1-2H3. The summed E-state index contributed by atoms with van der Waals surface area (Å²) in [5, 5.41) is 10.2. The molecule has 2 aliphatic heterocycles. The van der Waals surface area contributed by atoms with Crippen LogP contribution in [0.25, 0.3) is 0 Å². The van der Waals surface area contributed by atoms with Crippen LogP contribution in [0.1, 0.15) is 20.3 Å². The molecule has 2 saturated heterocycles. The molecule has 4 nitrogen and oxygen atoms in total. The maximum Gasteiger partial charge on any atom is 0.0718 e. The molecule has 18 heavy (non-hydrogen) atoms. The highest BCUT2D eigenvalue weighted by atomic mass is 16.5. The van der Waals surface area contributed by atoms with Crippen molar-refractivity contribution in [1.82, 2.24) is 9.80 Å². The molecule has 0 aromatic heterocycles. The summed E-state index contributed by atoms with van der Waals surface area (Å²) in [4.78, 5) is 4.94. The summed E-state index contributed by atoms with van der Waals surface area (Å²) < 4.78 is 5.34. The quantitative estimate of drug-likeness (QED) is 0.784. The normalized spacial score (nSPS) is 29.0. The van der Waals surface area contributed by atoms with Crippen molar-refractivity contribution in [2.24, 2.45) is 11.8 Å². The molecule has 0 aromatic rings. The van der Waals surface area contributed by atoms with E-state index in [1.165, 1.54) is 6.54 Å². The third-order valence-electron chi connectivity index (χ3n) is 4.04. The summed E-state index contributed by atoms with van der Waals surface area (Å²) in [5.74, 6) is 1.11. The van der Waals surface area contributed by atoms with Crippen molar-refractivity contribution in [3.8, 4) is 0 Å². The number of rotatable bonds is 5. The van der Waals surface area contributed by atoms with E-state index in [-0.39, 0.29) is 6.10 Å². The molecule has 2 fully saturated rings. The van der Waals surface area contributed by atoms with E-state index in [1.807, 2.05) is 0 Å². The van der Waals surface area contributed by atoms with Crippen molar-refractivity contribution >= 4 is 0 Å². The molecular weight excluding hydrogens is 228 g/mol. The number of piperazine rings is 1. The lowest BCUT2D eigenvalue weighted by Gasteiger charge is -2.37. The maximum atomic E-state index is 10.2. The molecule has 2 rings (SSSR count). The van der Waals surface area contributed by atoms with Gasteiger partial charge < -0.3 is 14.7 Å². The summed E-state index contributed by atoms with van der Waals surface area (Å²) in [7, 11) is 0. The van der Waals surface area contributed by atoms with Crippen molar-refractivity contribution in [2.75, 3.05) is 52.5 Å². The van der Waals surface area contributed by atoms with Gasteiger partial charge in [-0.2, -0.15) is 0 Å². The van der Waals surface area contributed by atoms with Crippen LogP contribution in [-0.4, -0.2) is 73.5 Å². The van der Waals surface area contributed by atoms with E-state index in [4.69, 9.17) is 4.74 Å². The SMILES string of the molecule is CC(C)CN1CCN(CC(O)C2CCOC2)CC1. The van der Waals surface area contributed by atoms with Crippen LogP contribution in [0.5, 0.6) is 0 Å². The molecule has 2 heterocycles. The van der Waals surface area contributed by atoms with Crippen LogP contribution in [0.15, 0.2) is 0 Å². The van der Waals surface area contributed by atoms with Gasteiger partial charge in [0, 0.05) is 51.8 Å². The van der Waals surface area contributed by atoms with Gasteiger partial charge in [-0.3, -0.25) is 4.90 Å². The Bertz CT molecular complexity index is 234. The van der Waals surface area contributed by atoms with Gasteiger partial charge in [0.2, 0.25) is 0 Å². The molecule has 0 radical (unpaired) electrons. The van der Waals surface area contributed by atoms with Crippen molar-refractivity contribution in [3.05, 3.63) is 0 Å². The lowest BCUT2D eigenvalue weighted by Crippen LogP contribution is -2.50. The highest BCUT2D eigenvalue weighted by Gasteiger charge is 2.27. The van der Waals surface area contributed by atoms with Crippen LogP contribution in [-0.2, 0) is 4.74 Å². The number of aliphatic hydroxyl groups excluding tert-OH is 1. The van der Waals surface area contributed by atoms with Gasteiger partial charge in [-0.25, -0.2) is 0 Å². The molecule has 1 N–H and O–H groups in total. The molecule has 2 aliphatic rings. The first-order chi connectivity index (χ1) is 8.65. The van der Waals surface area contributed by atoms with E-state index in [1.54, 1.807) is 0 Å². The fourth-order valence-electron chi connectivity index (χ4n) is 2.94. The summed E-state index contributed by atoms with van der Waals surface area (Å²) >= 11 is 0. The zero-order valence-electron chi connectivity index (χ0n) is 11.8. The third-order valence-corrected chi connectivity index (χ3v) is 4.04. The van der Waals surface area contributed by atoms with Crippen LogP contribution in [0, 0.1) is 11.8 Å². The molecule has 0 bridgehead atoms. The number of hydrogen-bond donors (Lipinski definition) is 1. The van der Waals surface area contributed by atoms with Crippen molar-refractivity contribution in [1.29, 1.82) is 0 Å². The molecule has 2 unspecified atom stereocenters. The second kappa shape index (κ2) is 6.85. The number of hydrogen-bond acceptors (Lipinski definition) is 4. The smallest absolute Gasteiger partial charge is 0.0718 e. The molecule has 2 atom stereocenters. The average Bonchev–Trinajstić information content (AvgIpc) is 2.84. The number of β-amino-alcohol motifs (C(OH)–C–C–N with tert-alkyl or cyclic N) is 1. The molecule has 0 aliphatic carbocycles. The number of ether oxygens (including phenoxy) is 1. The summed E-state index contributed by atoms with van der Waals surface area (Å²) in [5.41, 5.74) is 0. The number of aliphatic hydroxyl groups is 1. The van der Waals surface area contributed by atoms with Gasteiger partial charge in [-0.15, -0.1) is 0 Å². The van der Waals surface area contributed by atoms with Gasteiger partial charge in [0.05, 0.1) is 12.7 Å². The van der Waals surface area contributed by atoms with E-state index < -0.39 is 0 Å². The predicted molar refractivity (Wildman–Crippen MR) is 72.7 cm³/mol. The van der Waals surface area contributed by atoms with Crippen LogP contribution in [0.3, 0.4) is 0 Å². The van der Waals surface area contributed by atoms with Crippen molar-refractivity contribution in [3.63, 3.8) is 0 Å². The molecule has 0 amide bonds. The minimum atomic E-state index is -0.204. The van der Waals surface area contributed by atoms with Gasteiger partial charge in [-0.05, 0) is 12.3 Å². The van der Waals surface area contributed by atoms with Crippen LogP contribution < -0.4 is 0 Å². The van der Waals surface area contributed by atoms with Gasteiger partial charge in [0.25, 0.3) is 0 Å². The molecule has 4 heteroatoms. The van der Waals surface area contributed by atoms with E-state index in [2.05, 4.69) is 23.6 Å². The van der Waals surface area contributed by atoms with Gasteiger partial charge in [0.15, 0.2) is 0 Å². The van der Waals surface area contributed by atoms with E-state index in [9.17, 15) is 5.11 Å². The maximum absolute atomic E-state index is 10.2. The Morgan fingerprint density at radius 3 is 2.22 bits per heavy atom. The average molecular weight is 256 g/mol. The second-order valence-electron chi connectivity index (χ2n) is 6.19. The Balaban J connectivity index is 1.66. The Morgan fingerprint density at radius 1 is 1.11 bits per heavy atom. The van der Waals surface area contributed by atoms with Crippen molar-refractivity contribution in [2.45, 2.75) is 26.4 Å². The minimum Gasteiger partial charge on any atom is -0.391 e. The zero-order valence-corrected chi connectivity index (χ0v) is 11.8. The molecule has 0 aromatic carbocycles. The first kappa shape index (κ1) is 14.3. The Kier molecular flexibility index (Phi) is 5.42. The van der Waals surface area contributed by atoms with E-state index >= 15 is 0 Å². The molecular formula is C14H28N2O2. The zero-order chi connectivity index (χ0) is 13.0.